The molecule has 2 heterocycles. The molecule has 2 aromatic carbocycles. The van der Waals surface area contributed by atoms with Crippen molar-refractivity contribution in [3.8, 4) is 11.5 Å². The van der Waals surface area contributed by atoms with Crippen LogP contribution < -0.4 is 9.47 Å². The molecule has 0 saturated carbocycles. The van der Waals surface area contributed by atoms with Crippen molar-refractivity contribution in [2.75, 3.05) is 13.3 Å². The number of nitrogens with zero attached hydrogens (tertiary/aromatic N) is 2. The lowest BCUT2D eigenvalue weighted by atomic mass is 10.1. The second-order valence-corrected chi connectivity index (χ2v) is 7.77. The monoisotopic (exact) mass is 380 g/mol. The third-order valence-corrected chi connectivity index (χ3v) is 5.12. The van der Waals surface area contributed by atoms with Gasteiger partial charge in [-0.2, -0.15) is 0 Å². The van der Waals surface area contributed by atoms with Crippen LogP contribution in [0, 0.1) is 5.92 Å². The Morgan fingerprint density at radius 2 is 1.93 bits per heavy atom. The first kappa shape index (κ1) is 17.7. The molecule has 6 heteroatoms. The molecule has 0 unspecified atom stereocenters. The number of ether oxygens (including phenoxy) is 2. The average molecular weight is 380 g/mol. The van der Waals surface area contributed by atoms with Crippen molar-refractivity contribution in [1.82, 2.24) is 4.90 Å². The van der Waals surface area contributed by atoms with E-state index in [0.717, 1.165) is 17.0 Å². The summed E-state index contributed by atoms with van der Waals surface area (Å²) in [5.41, 5.74) is 1.74. The molecule has 2 aliphatic rings. The number of fused-ring (bicyclic) bond motifs is 1. The van der Waals surface area contributed by atoms with Gasteiger partial charge in [-0.1, -0.05) is 38.1 Å². The van der Waals surface area contributed by atoms with Gasteiger partial charge in [-0.3, -0.25) is 9.69 Å². The highest BCUT2D eigenvalue weighted by Gasteiger charge is 2.33. The molecule has 5 nitrogen and oxygen atoms in total. The van der Waals surface area contributed by atoms with E-state index in [2.05, 4.69) is 13.8 Å². The summed E-state index contributed by atoms with van der Waals surface area (Å²) >= 11 is 1.41. The minimum absolute atomic E-state index is 0.0129. The van der Waals surface area contributed by atoms with Gasteiger partial charge in [0.1, 0.15) is 0 Å². The predicted octanol–water partition coefficient (Wildman–Crippen LogP) is 4.68. The number of benzene rings is 2. The smallest absolute Gasteiger partial charge is 0.266 e. The molecule has 0 spiro atoms. The van der Waals surface area contributed by atoms with Crippen molar-refractivity contribution in [2.24, 2.45) is 10.9 Å². The number of rotatable bonds is 4. The summed E-state index contributed by atoms with van der Waals surface area (Å²) in [5.74, 6) is 1.77. The highest BCUT2D eigenvalue weighted by molar-refractivity contribution is 8.18. The minimum atomic E-state index is -0.0129. The van der Waals surface area contributed by atoms with Crippen molar-refractivity contribution in [3.63, 3.8) is 0 Å². The fourth-order valence-corrected chi connectivity index (χ4v) is 3.89. The second-order valence-electron chi connectivity index (χ2n) is 6.76. The molecule has 1 saturated heterocycles. The number of amidine groups is 1. The molecular formula is C21H20N2O3S. The van der Waals surface area contributed by atoms with Gasteiger partial charge < -0.3 is 9.47 Å². The zero-order valence-corrected chi connectivity index (χ0v) is 16.0. The third-order valence-electron chi connectivity index (χ3n) is 4.11. The number of amides is 1. The van der Waals surface area contributed by atoms with E-state index >= 15 is 0 Å². The molecular weight excluding hydrogens is 360 g/mol. The van der Waals surface area contributed by atoms with Crippen LogP contribution in [0.4, 0.5) is 5.69 Å². The summed E-state index contributed by atoms with van der Waals surface area (Å²) < 4.78 is 10.8. The molecule has 2 aliphatic heterocycles. The van der Waals surface area contributed by atoms with Crippen molar-refractivity contribution in [2.45, 2.75) is 13.8 Å². The third kappa shape index (κ3) is 3.85. The van der Waals surface area contributed by atoms with Crippen LogP contribution in [0.25, 0.3) is 6.08 Å². The van der Waals surface area contributed by atoms with Gasteiger partial charge in [0.15, 0.2) is 16.7 Å². The number of hydrogen-bond acceptors (Lipinski definition) is 5. The lowest BCUT2D eigenvalue weighted by molar-refractivity contribution is -0.122. The Morgan fingerprint density at radius 3 is 2.70 bits per heavy atom. The molecule has 0 bridgehead atoms. The van der Waals surface area contributed by atoms with E-state index in [1.165, 1.54) is 11.8 Å². The summed E-state index contributed by atoms with van der Waals surface area (Å²) in [6.45, 7) is 5.06. The molecule has 0 aliphatic carbocycles. The maximum atomic E-state index is 13.0. The first-order valence-corrected chi connectivity index (χ1v) is 9.66. The number of para-hydroxylation sites is 1. The van der Waals surface area contributed by atoms with Crippen LogP contribution in [-0.4, -0.2) is 29.3 Å². The van der Waals surface area contributed by atoms with Crippen molar-refractivity contribution >= 4 is 34.6 Å². The van der Waals surface area contributed by atoms with Crippen molar-refractivity contribution < 1.29 is 14.3 Å². The van der Waals surface area contributed by atoms with Gasteiger partial charge >= 0.3 is 0 Å². The highest BCUT2D eigenvalue weighted by Crippen LogP contribution is 2.37. The molecule has 4 rings (SSSR count). The Labute approximate surface area is 162 Å². The van der Waals surface area contributed by atoms with Crippen LogP contribution in [0.3, 0.4) is 0 Å². The summed E-state index contributed by atoms with van der Waals surface area (Å²) in [4.78, 5) is 20.1. The largest absolute Gasteiger partial charge is 0.454 e. The topological polar surface area (TPSA) is 51.1 Å². The predicted molar refractivity (Wildman–Crippen MR) is 108 cm³/mol. The van der Waals surface area contributed by atoms with E-state index in [1.807, 2.05) is 54.6 Å². The molecule has 0 radical (unpaired) electrons. The zero-order valence-electron chi connectivity index (χ0n) is 15.2. The van der Waals surface area contributed by atoms with E-state index < -0.39 is 0 Å². The molecule has 0 atom stereocenters. The quantitative estimate of drug-likeness (QED) is 0.723. The Balaban J connectivity index is 1.66. The van der Waals surface area contributed by atoms with Crippen LogP contribution in [-0.2, 0) is 4.79 Å². The van der Waals surface area contributed by atoms with Gasteiger partial charge in [-0.05, 0) is 53.6 Å². The number of aliphatic imine (C=N–C) groups is 1. The maximum absolute atomic E-state index is 13.0. The van der Waals surface area contributed by atoms with Gasteiger partial charge in [0, 0.05) is 6.54 Å². The van der Waals surface area contributed by atoms with Crippen LogP contribution in [0.5, 0.6) is 11.5 Å². The molecule has 1 fully saturated rings. The Morgan fingerprint density at radius 1 is 1.15 bits per heavy atom. The molecule has 0 N–H and O–H groups in total. The molecule has 27 heavy (non-hydrogen) atoms. The fourth-order valence-electron chi connectivity index (χ4n) is 2.88. The highest BCUT2D eigenvalue weighted by atomic mass is 32.2. The van der Waals surface area contributed by atoms with Crippen molar-refractivity contribution in [3.05, 3.63) is 59.0 Å². The molecule has 0 aromatic heterocycles. The fraction of sp³-hybridized carbons (Fsp3) is 0.238. The number of hydrogen-bond donors (Lipinski definition) is 0. The summed E-state index contributed by atoms with van der Waals surface area (Å²) in [5, 5.41) is 0.715. The zero-order chi connectivity index (χ0) is 18.8. The normalized spacial score (nSPS) is 18.9. The Bertz CT molecular complexity index is 922. The first-order valence-electron chi connectivity index (χ1n) is 8.85. The molecule has 2 aromatic rings. The maximum Gasteiger partial charge on any atom is 0.266 e. The van der Waals surface area contributed by atoms with Crippen LogP contribution in [0.1, 0.15) is 19.4 Å². The van der Waals surface area contributed by atoms with Gasteiger partial charge in [-0.15, -0.1) is 0 Å². The number of carbonyl (C=O) groups is 1. The Kier molecular flexibility index (Phi) is 4.90. The second kappa shape index (κ2) is 7.48. The molecule has 1 amide bonds. The number of carbonyl (C=O) groups excluding carboxylic acids is 1. The Hall–Kier alpha value is -2.73. The number of thioether (sulfide) groups is 1. The van der Waals surface area contributed by atoms with E-state index in [1.54, 1.807) is 4.90 Å². The van der Waals surface area contributed by atoms with E-state index in [4.69, 9.17) is 14.5 Å². The van der Waals surface area contributed by atoms with Gasteiger partial charge in [0.2, 0.25) is 6.79 Å². The van der Waals surface area contributed by atoms with Gasteiger partial charge in [0.25, 0.3) is 5.91 Å². The van der Waals surface area contributed by atoms with Gasteiger partial charge in [-0.25, -0.2) is 4.99 Å². The van der Waals surface area contributed by atoms with E-state index in [9.17, 15) is 4.79 Å². The summed E-state index contributed by atoms with van der Waals surface area (Å²) in [7, 11) is 0. The summed E-state index contributed by atoms with van der Waals surface area (Å²) in [6, 6.07) is 15.4. The minimum Gasteiger partial charge on any atom is -0.454 e. The van der Waals surface area contributed by atoms with Crippen LogP contribution >= 0.6 is 11.8 Å². The van der Waals surface area contributed by atoms with E-state index in [-0.39, 0.29) is 12.7 Å². The SMILES string of the molecule is CC(C)CN1C(=O)/C(=C\c2ccc3c(c2)OCO3)SC1=Nc1ccccc1. The van der Waals surface area contributed by atoms with Crippen LogP contribution in [0.2, 0.25) is 0 Å². The van der Waals surface area contributed by atoms with Crippen LogP contribution in [0.15, 0.2) is 58.4 Å². The van der Waals surface area contributed by atoms with Crippen molar-refractivity contribution in [1.29, 1.82) is 0 Å². The lowest BCUT2D eigenvalue weighted by Gasteiger charge is -2.17. The summed E-state index contributed by atoms with van der Waals surface area (Å²) in [6.07, 6.45) is 1.88. The first-order chi connectivity index (χ1) is 13.1. The standard InChI is InChI=1S/C21H20N2O3S/c1-14(2)12-23-20(24)19(27-21(23)22-16-6-4-3-5-7-16)11-15-8-9-17-18(10-15)26-13-25-17/h3-11,14H,12-13H2,1-2H3/b19-11+,22-21?. The molecule has 138 valence electrons. The lowest BCUT2D eigenvalue weighted by Crippen LogP contribution is -2.32. The van der Waals surface area contributed by atoms with Gasteiger partial charge in [0.05, 0.1) is 10.6 Å². The van der Waals surface area contributed by atoms with E-state index in [0.29, 0.717) is 28.3 Å². The average Bonchev–Trinajstić information content (AvgIpc) is 3.22.